The predicted molar refractivity (Wildman–Crippen MR) is 137 cm³/mol. The van der Waals surface area contributed by atoms with Crippen LogP contribution in [0.2, 0.25) is 0 Å². The van der Waals surface area contributed by atoms with Crippen molar-refractivity contribution in [1.82, 2.24) is 24.5 Å². The van der Waals surface area contributed by atoms with Gasteiger partial charge in [-0.15, -0.1) is 0 Å². The second-order valence-corrected chi connectivity index (χ2v) is 11.5. The van der Waals surface area contributed by atoms with E-state index in [-0.39, 0.29) is 30.3 Å². The molecule has 0 radical (unpaired) electrons. The fraction of sp³-hybridized carbons (Fsp3) is 0.200. The lowest BCUT2D eigenvalue weighted by Gasteiger charge is -2.36. The van der Waals surface area contributed by atoms with Crippen molar-refractivity contribution in [2.75, 3.05) is 17.2 Å². The van der Waals surface area contributed by atoms with Crippen molar-refractivity contribution in [3.05, 3.63) is 89.1 Å². The minimum absolute atomic E-state index is 0.00831. The molecule has 1 aliphatic rings. The smallest absolute Gasteiger partial charge is 0.277 e. The standard InChI is InChI=1S/C25H23F2N7O4S/c1-25(2)13-34(39(37,38)17-9-15(26)8-16(27)10-17)12-18-21(25)32-33-22(18)31-24(36)20-19(4-3-6-29-20)30-23(35)14-5-7-28-11-14/h3-11,28H,12-13H2,1-2H3,(H,30,35)(H2,31,32,33,36). The van der Waals surface area contributed by atoms with E-state index in [1.165, 1.54) is 18.5 Å². The minimum atomic E-state index is -4.30. The lowest BCUT2D eigenvalue weighted by molar-refractivity contribution is 0.102. The zero-order chi connectivity index (χ0) is 27.9. The Labute approximate surface area is 221 Å². The normalized spacial score (nSPS) is 15.0. The average molecular weight is 556 g/mol. The Bertz CT molecular complexity index is 1660. The average Bonchev–Trinajstić information content (AvgIpc) is 3.55. The maximum absolute atomic E-state index is 13.8. The SMILES string of the molecule is CC1(C)CN(S(=O)(=O)c2cc(F)cc(F)c2)Cc2c(NC(=O)c3ncccc3NC(=O)c3cc[nH]c3)n[nH]c21. The Morgan fingerprint density at radius 2 is 1.82 bits per heavy atom. The molecule has 0 unspecified atom stereocenters. The van der Waals surface area contributed by atoms with Crippen molar-refractivity contribution in [3.8, 4) is 0 Å². The van der Waals surface area contributed by atoms with Crippen molar-refractivity contribution in [1.29, 1.82) is 0 Å². The van der Waals surface area contributed by atoms with E-state index in [9.17, 15) is 26.8 Å². The van der Waals surface area contributed by atoms with Crippen molar-refractivity contribution in [3.63, 3.8) is 0 Å². The van der Waals surface area contributed by atoms with Crippen LogP contribution in [0.25, 0.3) is 0 Å². The van der Waals surface area contributed by atoms with Crippen molar-refractivity contribution in [2.45, 2.75) is 30.7 Å². The Morgan fingerprint density at radius 3 is 2.51 bits per heavy atom. The van der Waals surface area contributed by atoms with Crippen LogP contribution in [-0.2, 0) is 22.0 Å². The third-order valence-corrected chi connectivity index (χ3v) is 8.06. The number of hydrogen-bond donors (Lipinski definition) is 4. The zero-order valence-electron chi connectivity index (χ0n) is 20.7. The number of amides is 2. The molecule has 4 heterocycles. The Morgan fingerprint density at radius 1 is 1.08 bits per heavy atom. The molecule has 0 bridgehead atoms. The first-order valence-electron chi connectivity index (χ1n) is 11.7. The molecule has 39 heavy (non-hydrogen) atoms. The summed E-state index contributed by atoms with van der Waals surface area (Å²) in [6.07, 6.45) is 4.47. The van der Waals surface area contributed by atoms with Gasteiger partial charge in [0.1, 0.15) is 11.6 Å². The summed E-state index contributed by atoms with van der Waals surface area (Å²) in [6, 6.07) is 6.74. The molecule has 0 atom stereocenters. The summed E-state index contributed by atoms with van der Waals surface area (Å²) >= 11 is 0. The van der Waals surface area contributed by atoms with Gasteiger partial charge >= 0.3 is 0 Å². The van der Waals surface area contributed by atoms with Gasteiger partial charge in [-0.25, -0.2) is 22.2 Å². The fourth-order valence-corrected chi connectivity index (χ4v) is 6.06. The fourth-order valence-electron chi connectivity index (χ4n) is 4.44. The van der Waals surface area contributed by atoms with E-state index >= 15 is 0 Å². The second-order valence-electron chi connectivity index (χ2n) is 9.60. The maximum Gasteiger partial charge on any atom is 0.277 e. The van der Waals surface area contributed by atoms with Crippen LogP contribution < -0.4 is 10.6 Å². The van der Waals surface area contributed by atoms with E-state index in [0.29, 0.717) is 22.9 Å². The van der Waals surface area contributed by atoms with Crippen LogP contribution in [0.15, 0.2) is 59.9 Å². The molecule has 0 fully saturated rings. The van der Waals surface area contributed by atoms with Crippen LogP contribution in [0.1, 0.15) is 46.0 Å². The summed E-state index contributed by atoms with van der Waals surface area (Å²) in [4.78, 5) is 32.1. The van der Waals surface area contributed by atoms with Crippen LogP contribution >= 0.6 is 0 Å². The Kier molecular flexibility index (Phi) is 6.52. The van der Waals surface area contributed by atoms with Gasteiger partial charge in [-0.3, -0.25) is 14.7 Å². The molecule has 5 rings (SSSR count). The minimum Gasteiger partial charge on any atom is -0.367 e. The van der Waals surface area contributed by atoms with E-state index in [1.807, 2.05) is 0 Å². The molecule has 0 saturated heterocycles. The lowest BCUT2D eigenvalue weighted by atomic mass is 9.84. The second kappa shape index (κ2) is 9.71. The van der Waals surface area contributed by atoms with Gasteiger partial charge in [0, 0.05) is 54.4 Å². The van der Waals surface area contributed by atoms with Gasteiger partial charge in [-0.2, -0.15) is 9.40 Å². The summed E-state index contributed by atoms with van der Waals surface area (Å²) in [5.41, 5.74) is 0.610. The summed E-state index contributed by atoms with van der Waals surface area (Å²) in [6.45, 7) is 3.32. The van der Waals surface area contributed by atoms with Crippen molar-refractivity contribution in [2.24, 2.45) is 0 Å². The molecule has 3 aromatic heterocycles. The van der Waals surface area contributed by atoms with Gasteiger partial charge in [-0.05, 0) is 30.3 Å². The summed E-state index contributed by atoms with van der Waals surface area (Å²) < 4.78 is 55.4. The number of benzene rings is 1. The molecule has 4 N–H and O–H groups in total. The molecule has 0 spiro atoms. The van der Waals surface area contributed by atoms with E-state index in [2.05, 4.69) is 30.8 Å². The van der Waals surface area contributed by atoms with Crippen LogP contribution in [0.5, 0.6) is 0 Å². The number of H-pyrrole nitrogens is 2. The monoisotopic (exact) mass is 555 g/mol. The number of aromatic amines is 2. The summed E-state index contributed by atoms with van der Waals surface area (Å²) in [5, 5.41) is 12.3. The number of anilines is 2. The molecule has 2 amide bonds. The van der Waals surface area contributed by atoms with E-state index in [1.54, 1.807) is 32.2 Å². The molecule has 0 saturated carbocycles. The van der Waals surface area contributed by atoms with Crippen molar-refractivity contribution < 1.29 is 26.8 Å². The Balaban J connectivity index is 1.43. The highest BCUT2D eigenvalue weighted by Crippen LogP contribution is 2.38. The van der Waals surface area contributed by atoms with E-state index < -0.39 is 43.8 Å². The zero-order valence-corrected chi connectivity index (χ0v) is 21.6. The molecular weight excluding hydrogens is 532 g/mol. The number of carbonyl (C=O) groups excluding carboxylic acids is 2. The Hall–Kier alpha value is -4.43. The maximum atomic E-state index is 13.8. The largest absolute Gasteiger partial charge is 0.367 e. The lowest BCUT2D eigenvalue weighted by Crippen LogP contribution is -2.45. The first-order chi connectivity index (χ1) is 18.5. The number of carbonyl (C=O) groups is 2. The molecule has 4 aromatic rings. The highest BCUT2D eigenvalue weighted by Gasteiger charge is 2.41. The number of nitrogens with one attached hydrogen (secondary N) is 4. The van der Waals surface area contributed by atoms with Gasteiger partial charge in [0.05, 0.1) is 16.1 Å². The molecule has 1 aliphatic heterocycles. The summed E-state index contributed by atoms with van der Waals surface area (Å²) in [5.74, 6) is -3.12. The van der Waals surface area contributed by atoms with Gasteiger partial charge in [0.2, 0.25) is 10.0 Å². The molecular formula is C25H23F2N7O4S. The molecule has 202 valence electrons. The molecule has 0 aliphatic carbocycles. The highest BCUT2D eigenvalue weighted by atomic mass is 32.2. The molecule has 1 aromatic carbocycles. The van der Waals surface area contributed by atoms with E-state index in [0.717, 1.165) is 16.4 Å². The molecule has 14 heteroatoms. The number of hydrogen-bond acceptors (Lipinski definition) is 6. The highest BCUT2D eigenvalue weighted by molar-refractivity contribution is 7.89. The van der Waals surface area contributed by atoms with Crippen LogP contribution in [0, 0.1) is 11.6 Å². The summed E-state index contributed by atoms with van der Waals surface area (Å²) in [7, 11) is -4.30. The van der Waals surface area contributed by atoms with Gasteiger partial charge in [0.25, 0.3) is 11.8 Å². The topological polar surface area (TPSA) is 153 Å². The van der Waals surface area contributed by atoms with Gasteiger partial charge < -0.3 is 15.6 Å². The third-order valence-electron chi connectivity index (χ3n) is 6.29. The quantitative estimate of drug-likeness (QED) is 0.286. The number of rotatable bonds is 6. The third kappa shape index (κ3) is 5.03. The molecule has 11 nitrogen and oxygen atoms in total. The van der Waals surface area contributed by atoms with Gasteiger partial charge in [0.15, 0.2) is 11.5 Å². The van der Waals surface area contributed by atoms with Crippen molar-refractivity contribution >= 4 is 33.3 Å². The predicted octanol–water partition coefficient (Wildman–Crippen LogP) is 3.40. The number of sulfonamides is 1. The number of halogens is 2. The van der Waals surface area contributed by atoms with Crippen LogP contribution in [-0.4, -0.2) is 51.2 Å². The number of pyridine rings is 1. The van der Waals surface area contributed by atoms with Gasteiger partial charge in [-0.1, -0.05) is 13.8 Å². The first-order valence-corrected chi connectivity index (χ1v) is 13.1. The first kappa shape index (κ1) is 26.2. The van der Waals surface area contributed by atoms with Crippen LogP contribution in [0.4, 0.5) is 20.3 Å². The number of aromatic nitrogens is 4. The van der Waals surface area contributed by atoms with Crippen LogP contribution in [0.3, 0.4) is 0 Å². The number of fused-ring (bicyclic) bond motifs is 1. The number of nitrogens with zero attached hydrogens (tertiary/aromatic N) is 3. The van der Waals surface area contributed by atoms with E-state index in [4.69, 9.17) is 0 Å².